The van der Waals surface area contributed by atoms with Crippen LogP contribution in [0, 0.1) is 17.8 Å². The molecule has 122 valence electrons. The molecule has 0 aromatic rings. The van der Waals surface area contributed by atoms with Gasteiger partial charge in [0.2, 0.25) is 5.91 Å². The van der Waals surface area contributed by atoms with Crippen molar-refractivity contribution in [3.63, 3.8) is 0 Å². The van der Waals surface area contributed by atoms with Gasteiger partial charge in [-0.2, -0.15) is 0 Å². The number of morpholine rings is 1. The van der Waals surface area contributed by atoms with Crippen LogP contribution in [0.2, 0.25) is 0 Å². The van der Waals surface area contributed by atoms with Gasteiger partial charge in [-0.1, -0.05) is 6.42 Å². The summed E-state index contributed by atoms with van der Waals surface area (Å²) in [5.41, 5.74) is 6.29. The highest BCUT2D eigenvalue weighted by Gasteiger charge is 2.42. The Hall–Kier alpha value is -0.360. The van der Waals surface area contributed by atoms with E-state index in [2.05, 4.69) is 0 Å². The Morgan fingerprint density at radius 3 is 2.57 bits per heavy atom. The molecule has 3 aliphatic rings. The number of aliphatic hydroxyl groups is 1. The third kappa shape index (κ3) is 3.52. The molecule has 21 heavy (non-hydrogen) atoms. The molecule has 1 aliphatic heterocycles. The standard InChI is InChI=1S/C15H26N2O3.ClH/c16-14-10-2-1-3-11(14)7-12(6-10)15(19)17-4-5-20-13(8-17)9-18;/h10-14,18H,1-9,16H2;1H. The Balaban J connectivity index is 0.00000161. The molecule has 6 heteroatoms. The molecule has 0 spiro atoms. The van der Waals surface area contributed by atoms with Crippen LogP contribution in [0.25, 0.3) is 0 Å². The summed E-state index contributed by atoms with van der Waals surface area (Å²) < 4.78 is 5.42. The van der Waals surface area contributed by atoms with Crippen LogP contribution < -0.4 is 5.73 Å². The lowest BCUT2D eigenvalue weighted by Gasteiger charge is -2.45. The highest BCUT2D eigenvalue weighted by Crippen LogP contribution is 2.42. The van der Waals surface area contributed by atoms with E-state index >= 15 is 0 Å². The van der Waals surface area contributed by atoms with Gasteiger partial charge in [-0.15, -0.1) is 12.4 Å². The Labute approximate surface area is 132 Å². The average Bonchev–Trinajstić information content (AvgIpc) is 2.46. The zero-order valence-corrected chi connectivity index (χ0v) is 13.3. The second-order valence-corrected chi connectivity index (χ2v) is 6.66. The fraction of sp³-hybridized carbons (Fsp3) is 0.933. The van der Waals surface area contributed by atoms with Crippen LogP contribution in [0.1, 0.15) is 32.1 Å². The molecule has 0 radical (unpaired) electrons. The molecule has 3 fully saturated rings. The fourth-order valence-corrected chi connectivity index (χ4v) is 4.28. The maximum absolute atomic E-state index is 12.7. The number of carbonyl (C=O) groups excluding carboxylic acids is 1. The molecular formula is C15H27ClN2O3. The van der Waals surface area contributed by atoms with Crippen molar-refractivity contribution < 1.29 is 14.6 Å². The lowest BCUT2D eigenvalue weighted by molar-refractivity contribution is -0.147. The van der Waals surface area contributed by atoms with Crippen molar-refractivity contribution in [1.82, 2.24) is 4.90 Å². The summed E-state index contributed by atoms with van der Waals surface area (Å²) in [6.45, 7) is 1.72. The Kier molecular flexibility index (Phi) is 5.88. The number of aliphatic hydroxyl groups excluding tert-OH is 1. The zero-order chi connectivity index (χ0) is 14.1. The predicted molar refractivity (Wildman–Crippen MR) is 82.2 cm³/mol. The first-order valence-corrected chi connectivity index (χ1v) is 7.96. The maximum Gasteiger partial charge on any atom is 0.225 e. The zero-order valence-electron chi connectivity index (χ0n) is 12.4. The third-order valence-corrected chi connectivity index (χ3v) is 5.42. The monoisotopic (exact) mass is 318 g/mol. The van der Waals surface area contributed by atoms with E-state index in [-0.39, 0.29) is 36.9 Å². The van der Waals surface area contributed by atoms with E-state index in [9.17, 15) is 9.90 Å². The number of halogens is 1. The van der Waals surface area contributed by atoms with Crippen LogP contribution in [0.5, 0.6) is 0 Å². The molecule has 3 rings (SSSR count). The van der Waals surface area contributed by atoms with Gasteiger partial charge in [-0.3, -0.25) is 4.79 Å². The molecule has 1 heterocycles. The highest BCUT2D eigenvalue weighted by atomic mass is 35.5. The molecule has 5 nitrogen and oxygen atoms in total. The SMILES string of the molecule is Cl.NC1C2CCCC1CC(C(=O)N1CCOC(CO)C1)C2. The van der Waals surface area contributed by atoms with E-state index in [1.54, 1.807) is 0 Å². The van der Waals surface area contributed by atoms with Crippen molar-refractivity contribution in [2.24, 2.45) is 23.5 Å². The van der Waals surface area contributed by atoms with Crippen molar-refractivity contribution in [1.29, 1.82) is 0 Å². The van der Waals surface area contributed by atoms with Crippen LogP contribution in [0.3, 0.4) is 0 Å². The first-order valence-electron chi connectivity index (χ1n) is 7.96. The number of hydrogen-bond donors (Lipinski definition) is 2. The summed E-state index contributed by atoms with van der Waals surface area (Å²) in [6.07, 6.45) is 5.34. The number of rotatable bonds is 2. The molecule has 0 aromatic heterocycles. The second kappa shape index (κ2) is 7.27. The normalized spacial score (nSPS) is 39.5. The maximum atomic E-state index is 12.7. The van der Waals surface area contributed by atoms with E-state index in [1.165, 1.54) is 19.3 Å². The van der Waals surface area contributed by atoms with Crippen molar-refractivity contribution in [2.75, 3.05) is 26.3 Å². The summed E-state index contributed by atoms with van der Waals surface area (Å²) in [7, 11) is 0. The smallest absolute Gasteiger partial charge is 0.225 e. The summed E-state index contributed by atoms with van der Waals surface area (Å²) in [6, 6.07) is 0.308. The van der Waals surface area contributed by atoms with E-state index in [1.807, 2.05) is 4.90 Å². The summed E-state index contributed by atoms with van der Waals surface area (Å²) in [4.78, 5) is 14.6. The molecule has 3 unspecified atom stereocenters. The molecule has 2 bridgehead atoms. The number of nitrogens with two attached hydrogens (primary N) is 1. The minimum Gasteiger partial charge on any atom is -0.394 e. The van der Waals surface area contributed by atoms with E-state index in [4.69, 9.17) is 10.5 Å². The van der Waals surface area contributed by atoms with Crippen LogP contribution >= 0.6 is 12.4 Å². The summed E-state index contributed by atoms with van der Waals surface area (Å²) >= 11 is 0. The van der Waals surface area contributed by atoms with E-state index in [0.717, 1.165) is 12.8 Å². The van der Waals surface area contributed by atoms with Gasteiger partial charge in [-0.25, -0.2) is 0 Å². The average molecular weight is 319 g/mol. The Morgan fingerprint density at radius 1 is 1.29 bits per heavy atom. The van der Waals surface area contributed by atoms with Gasteiger partial charge in [0.1, 0.15) is 0 Å². The fourth-order valence-electron chi connectivity index (χ4n) is 4.28. The first-order chi connectivity index (χ1) is 9.69. The molecule has 2 saturated carbocycles. The molecule has 3 N–H and O–H groups in total. The van der Waals surface area contributed by atoms with Gasteiger partial charge in [0.15, 0.2) is 0 Å². The van der Waals surface area contributed by atoms with Gasteiger partial charge in [0.05, 0.1) is 19.3 Å². The van der Waals surface area contributed by atoms with Crippen LogP contribution in [-0.4, -0.2) is 54.4 Å². The molecule has 0 aromatic carbocycles. The van der Waals surface area contributed by atoms with Gasteiger partial charge in [0, 0.05) is 25.0 Å². The van der Waals surface area contributed by atoms with Crippen molar-refractivity contribution in [3.05, 3.63) is 0 Å². The number of nitrogens with zero attached hydrogens (tertiary/aromatic N) is 1. The van der Waals surface area contributed by atoms with Crippen molar-refractivity contribution >= 4 is 18.3 Å². The number of fused-ring (bicyclic) bond motifs is 2. The molecule has 2 aliphatic carbocycles. The lowest BCUT2D eigenvalue weighted by Crippen LogP contribution is -2.53. The van der Waals surface area contributed by atoms with Crippen LogP contribution in [0.15, 0.2) is 0 Å². The molecule has 1 saturated heterocycles. The molecule has 1 amide bonds. The largest absolute Gasteiger partial charge is 0.394 e. The number of hydrogen-bond acceptors (Lipinski definition) is 4. The highest BCUT2D eigenvalue weighted by molar-refractivity contribution is 5.85. The minimum atomic E-state index is -0.210. The van der Waals surface area contributed by atoms with E-state index < -0.39 is 0 Å². The van der Waals surface area contributed by atoms with Crippen LogP contribution in [-0.2, 0) is 9.53 Å². The quantitative estimate of drug-likeness (QED) is 0.789. The topological polar surface area (TPSA) is 75.8 Å². The second-order valence-electron chi connectivity index (χ2n) is 6.66. The first kappa shape index (κ1) is 17.0. The van der Waals surface area contributed by atoms with Crippen molar-refractivity contribution in [3.8, 4) is 0 Å². The summed E-state index contributed by atoms with van der Waals surface area (Å²) in [5, 5.41) is 9.19. The lowest BCUT2D eigenvalue weighted by atomic mass is 9.65. The third-order valence-electron chi connectivity index (χ3n) is 5.42. The Bertz CT molecular complexity index is 355. The van der Waals surface area contributed by atoms with Crippen LogP contribution in [0.4, 0.5) is 0 Å². The van der Waals surface area contributed by atoms with Gasteiger partial charge in [-0.05, 0) is 37.5 Å². The predicted octanol–water partition coefficient (Wildman–Crippen LogP) is 0.781. The molecular weight excluding hydrogens is 292 g/mol. The van der Waals surface area contributed by atoms with E-state index in [0.29, 0.717) is 37.6 Å². The number of amides is 1. The number of ether oxygens (including phenoxy) is 1. The van der Waals surface area contributed by atoms with Crippen molar-refractivity contribution in [2.45, 2.75) is 44.2 Å². The van der Waals surface area contributed by atoms with Gasteiger partial charge < -0.3 is 20.5 Å². The minimum absolute atomic E-state index is 0. The Morgan fingerprint density at radius 2 is 1.95 bits per heavy atom. The molecule has 3 atom stereocenters. The van der Waals surface area contributed by atoms with Gasteiger partial charge >= 0.3 is 0 Å². The summed E-state index contributed by atoms with van der Waals surface area (Å²) in [5.74, 6) is 1.47. The van der Waals surface area contributed by atoms with Gasteiger partial charge in [0.25, 0.3) is 0 Å². The number of carbonyl (C=O) groups is 1.